The van der Waals surface area contributed by atoms with Crippen LogP contribution in [-0.2, 0) is 13.1 Å². The van der Waals surface area contributed by atoms with Gasteiger partial charge >= 0.3 is 0 Å². The number of aromatic nitrogens is 2. The SMILES string of the molecule is Cc1ccccc1C(=O)N1Cc2ccnn2CC[C@H]1CO. The third kappa shape index (κ3) is 2.56. The molecule has 0 saturated heterocycles. The molecule has 2 heterocycles. The van der Waals surface area contributed by atoms with Crippen molar-refractivity contribution in [1.29, 1.82) is 0 Å². The zero-order chi connectivity index (χ0) is 14.8. The van der Waals surface area contributed by atoms with Crippen LogP contribution in [0.5, 0.6) is 0 Å². The van der Waals surface area contributed by atoms with E-state index in [1.54, 1.807) is 11.1 Å². The van der Waals surface area contributed by atoms with Crippen molar-refractivity contribution >= 4 is 5.91 Å². The van der Waals surface area contributed by atoms with Crippen molar-refractivity contribution in [1.82, 2.24) is 14.7 Å². The number of aliphatic hydroxyl groups is 1. The Bertz CT molecular complexity index is 650. The summed E-state index contributed by atoms with van der Waals surface area (Å²) in [6, 6.07) is 9.33. The lowest BCUT2D eigenvalue weighted by Crippen LogP contribution is -2.41. The summed E-state index contributed by atoms with van der Waals surface area (Å²) >= 11 is 0. The summed E-state index contributed by atoms with van der Waals surface area (Å²) in [5, 5.41) is 13.9. The monoisotopic (exact) mass is 285 g/mol. The molecule has 0 spiro atoms. The number of fused-ring (bicyclic) bond motifs is 1. The van der Waals surface area contributed by atoms with Crippen LogP contribution in [0.1, 0.15) is 28.0 Å². The molecule has 5 heteroatoms. The maximum Gasteiger partial charge on any atom is 0.254 e. The number of nitrogens with zero attached hydrogens (tertiary/aromatic N) is 3. The van der Waals surface area contributed by atoms with E-state index in [2.05, 4.69) is 5.10 Å². The van der Waals surface area contributed by atoms with E-state index in [9.17, 15) is 9.90 Å². The first-order valence-electron chi connectivity index (χ1n) is 7.19. The van der Waals surface area contributed by atoms with Crippen LogP contribution in [0.15, 0.2) is 36.5 Å². The molecular formula is C16H19N3O2. The lowest BCUT2D eigenvalue weighted by molar-refractivity contribution is 0.0567. The summed E-state index contributed by atoms with van der Waals surface area (Å²) < 4.78 is 1.91. The Morgan fingerprint density at radius 3 is 2.95 bits per heavy atom. The molecule has 0 fully saturated rings. The molecule has 21 heavy (non-hydrogen) atoms. The predicted octanol–water partition coefficient (Wildman–Crippen LogP) is 1.60. The van der Waals surface area contributed by atoms with E-state index in [4.69, 9.17) is 0 Å². The minimum Gasteiger partial charge on any atom is -0.394 e. The van der Waals surface area contributed by atoms with Crippen molar-refractivity contribution in [3.05, 3.63) is 53.3 Å². The van der Waals surface area contributed by atoms with Crippen molar-refractivity contribution in [3.63, 3.8) is 0 Å². The van der Waals surface area contributed by atoms with Gasteiger partial charge in [-0.3, -0.25) is 9.48 Å². The molecular weight excluding hydrogens is 266 g/mol. The second-order valence-corrected chi connectivity index (χ2v) is 5.42. The number of hydrogen-bond acceptors (Lipinski definition) is 3. The highest BCUT2D eigenvalue weighted by atomic mass is 16.3. The van der Waals surface area contributed by atoms with E-state index in [-0.39, 0.29) is 18.6 Å². The molecule has 0 bridgehead atoms. The van der Waals surface area contributed by atoms with Gasteiger partial charge in [0, 0.05) is 18.3 Å². The number of benzene rings is 1. The fourth-order valence-corrected chi connectivity index (χ4v) is 2.82. The van der Waals surface area contributed by atoms with E-state index < -0.39 is 0 Å². The van der Waals surface area contributed by atoms with Gasteiger partial charge in [0.25, 0.3) is 5.91 Å². The smallest absolute Gasteiger partial charge is 0.254 e. The molecule has 1 atom stereocenters. The number of rotatable bonds is 2. The van der Waals surface area contributed by atoms with Crippen molar-refractivity contribution in [2.45, 2.75) is 32.5 Å². The average molecular weight is 285 g/mol. The zero-order valence-corrected chi connectivity index (χ0v) is 12.1. The first kappa shape index (κ1) is 13.8. The fourth-order valence-electron chi connectivity index (χ4n) is 2.82. The van der Waals surface area contributed by atoms with Crippen LogP contribution in [-0.4, -0.2) is 38.3 Å². The van der Waals surface area contributed by atoms with Gasteiger partial charge < -0.3 is 10.0 Å². The molecule has 2 aromatic rings. The highest BCUT2D eigenvalue weighted by molar-refractivity contribution is 5.95. The molecule has 0 saturated carbocycles. The van der Waals surface area contributed by atoms with Gasteiger partial charge in [-0.05, 0) is 31.0 Å². The summed E-state index contributed by atoms with van der Waals surface area (Å²) in [6.45, 7) is 3.12. The van der Waals surface area contributed by atoms with Gasteiger partial charge in [-0.25, -0.2) is 0 Å². The van der Waals surface area contributed by atoms with E-state index >= 15 is 0 Å². The highest BCUT2D eigenvalue weighted by Crippen LogP contribution is 2.21. The number of carbonyl (C=O) groups is 1. The molecule has 110 valence electrons. The van der Waals surface area contributed by atoms with Crippen LogP contribution in [0.25, 0.3) is 0 Å². The first-order chi connectivity index (χ1) is 10.2. The fraction of sp³-hybridized carbons (Fsp3) is 0.375. The minimum atomic E-state index is -0.168. The van der Waals surface area contributed by atoms with E-state index in [0.29, 0.717) is 18.5 Å². The molecule has 1 N–H and O–H groups in total. The Hall–Kier alpha value is -2.14. The summed E-state index contributed by atoms with van der Waals surface area (Å²) in [4.78, 5) is 14.6. The number of carbonyl (C=O) groups excluding carboxylic acids is 1. The highest BCUT2D eigenvalue weighted by Gasteiger charge is 2.28. The van der Waals surface area contributed by atoms with Gasteiger partial charge in [0.15, 0.2) is 0 Å². The van der Waals surface area contributed by atoms with Gasteiger partial charge in [0.05, 0.1) is 24.9 Å². The van der Waals surface area contributed by atoms with Crippen LogP contribution >= 0.6 is 0 Å². The molecule has 1 amide bonds. The number of amides is 1. The maximum absolute atomic E-state index is 12.9. The van der Waals surface area contributed by atoms with Crippen LogP contribution in [0.3, 0.4) is 0 Å². The summed E-state index contributed by atoms with van der Waals surface area (Å²) in [5.74, 6) is -0.0261. The van der Waals surface area contributed by atoms with E-state index in [1.807, 2.05) is 41.9 Å². The standard InChI is InChI=1S/C16H19N3O2/c1-12-4-2-3-5-15(12)16(21)18-10-13-6-8-17-19(13)9-7-14(18)11-20/h2-6,8,14,20H,7,9-11H2,1H3/t14-/m0/s1. The number of aliphatic hydroxyl groups excluding tert-OH is 1. The van der Waals surface area contributed by atoms with Crippen LogP contribution in [0.4, 0.5) is 0 Å². The van der Waals surface area contributed by atoms with Crippen molar-refractivity contribution in [2.24, 2.45) is 0 Å². The second-order valence-electron chi connectivity index (χ2n) is 5.42. The molecule has 5 nitrogen and oxygen atoms in total. The van der Waals surface area contributed by atoms with Crippen molar-refractivity contribution in [2.75, 3.05) is 6.61 Å². The summed E-state index contributed by atoms with van der Waals surface area (Å²) in [7, 11) is 0. The van der Waals surface area contributed by atoms with E-state index in [0.717, 1.165) is 17.8 Å². The molecule has 1 aromatic carbocycles. The third-order valence-corrected chi connectivity index (χ3v) is 4.10. The number of aryl methyl sites for hydroxylation is 2. The van der Waals surface area contributed by atoms with Gasteiger partial charge in [-0.2, -0.15) is 5.10 Å². The first-order valence-corrected chi connectivity index (χ1v) is 7.19. The maximum atomic E-state index is 12.9. The Morgan fingerprint density at radius 2 is 2.19 bits per heavy atom. The molecule has 3 rings (SSSR count). The molecule has 1 aromatic heterocycles. The van der Waals surface area contributed by atoms with Gasteiger partial charge in [-0.15, -0.1) is 0 Å². The molecule has 0 radical (unpaired) electrons. The molecule has 1 aliphatic heterocycles. The Morgan fingerprint density at radius 1 is 1.38 bits per heavy atom. The molecule has 0 unspecified atom stereocenters. The summed E-state index contributed by atoms with van der Waals surface area (Å²) in [6.07, 6.45) is 2.47. The second kappa shape index (κ2) is 5.69. The number of hydrogen-bond donors (Lipinski definition) is 1. The van der Waals surface area contributed by atoms with Crippen molar-refractivity contribution in [3.8, 4) is 0 Å². The van der Waals surface area contributed by atoms with Gasteiger partial charge in [-0.1, -0.05) is 18.2 Å². The quantitative estimate of drug-likeness (QED) is 0.911. The van der Waals surface area contributed by atoms with Crippen LogP contribution in [0, 0.1) is 6.92 Å². The third-order valence-electron chi connectivity index (χ3n) is 4.10. The van der Waals surface area contributed by atoms with E-state index in [1.165, 1.54) is 0 Å². The lowest BCUT2D eigenvalue weighted by Gasteiger charge is -2.28. The minimum absolute atomic E-state index is 0.0253. The average Bonchev–Trinajstić information content (AvgIpc) is 2.86. The predicted molar refractivity (Wildman–Crippen MR) is 78.8 cm³/mol. The van der Waals surface area contributed by atoms with Gasteiger partial charge in [0.2, 0.25) is 0 Å². The van der Waals surface area contributed by atoms with Crippen LogP contribution in [0.2, 0.25) is 0 Å². The Kier molecular flexibility index (Phi) is 3.75. The summed E-state index contributed by atoms with van der Waals surface area (Å²) in [5.41, 5.74) is 2.66. The lowest BCUT2D eigenvalue weighted by atomic mass is 10.1. The normalized spacial score (nSPS) is 18.2. The van der Waals surface area contributed by atoms with Crippen LogP contribution < -0.4 is 0 Å². The Balaban J connectivity index is 1.94. The molecule has 1 aliphatic rings. The topological polar surface area (TPSA) is 58.4 Å². The Labute approximate surface area is 123 Å². The molecule has 0 aliphatic carbocycles. The van der Waals surface area contributed by atoms with Crippen molar-refractivity contribution < 1.29 is 9.90 Å². The van der Waals surface area contributed by atoms with Gasteiger partial charge in [0.1, 0.15) is 0 Å². The zero-order valence-electron chi connectivity index (χ0n) is 12.1. The largest absolute Gasteiger partial charge is 0.394 e.